The predicted molar refractivity (Wildman–Crippen MR) is 132 cm³/mol. The molecule has 0 bridgehead atoms. The quantitative estimate of drug-likeness (QED) is 0.242. The van der Waals surface area contributed by atoms with E-state index in [1.807, 2.05) is 29.2 Å². The van der Waals surface area contributed by atoms with Crippen molar-refractivity contribution in [1.82, 2.24) is 10.2 Å². The van der Waals surface area contributed by atoms with Crippen molar-refractivity contribution in [2.24, 2.45) is 17.1 Å². The maximum Gasteiger partial charge on any atom is 0.317 e. The largest absolute Gasteiger partial charge is 0.428 e. The van der Waals surface area contributed by atoms with Gasteiger partial charge >= 0.3 is 18.0 Å². The van der Waals surface area contributed by atoms with Gasteiger partial charge < -0.3 is 30.3 Å². The van der Waals surface area contributed by atoms with Crippen LogP contribution in [0.25, 0.3) is 0 Å². The van der Waals surface area contributed by atoms with Gasteiger partial charge in [-0.2, -0.15) is 0 Å². The van der Waals surface area contributed by atoms with Crippen LogP contribution in [0, 0.1) is 16.7 Å². The number of nitrogens with one attached hydrogen (secondary N) is 2. The molecule has 10 nitrogen and oxygen atoms in total. The number of amidine groups is 1. The van der Waals surface area contributed by atoms with Crippen molar-refractivity contribution in [2.45, 2.75) is 52.5 Å². The Kier molecular flexibility index (Phi) is 8.58. The Labute approximate surface area is 206 Å². The Bertz CT molecular complexity index is 911. The highest BCUT2D eigenvalue weighted by molar-refractivity contribution is 5.95. The second kappa shape index (κ2) is 11.4. The molecule has 35 heavy (non-hydrogen) atoms. The number of nitrogens with two attached hydrogens (primary N) is 1. The normalized spacial score (nSPS) is 20.7. The molecule has 1 aromatic carbocycles. The molecule has 2 aliphatic rings. The third-order valence-electron chi connectivity index (χ3n) is 6.50. The van der Waals surface area contributed by atoms with Gasteiger partial charge in [0, 0.05) is 43.5 Å². The maximum absolute atomic E-state index is 12.7. The first-order chi connectivity index (χ1) is 16.5. The number of rotatable bonds is 6. The van der Waals surface area contributed by atoms with Crippen molar-refractivity contribution >= 4 is 29.5 Å². The molecule has 1 heterocycles. The number of nitrogens with zero attached hydrogens (tertiary/aromatic N) is 2. The minimum Gasteiger partial charge on any atom is -0.428 e. The summed E-state index contributed by atoms with van der Waals surface area (Å²) >= 11 is 0. The van der Waals surface area contributed by atoms with Crippen molar-refractivity contribution in [1.29, 1.82) is 5.41 Å². The monoisotopic (exact) mass is 487 g/mol. The highest BCUT2D eigenvalue weighted by Gasteiger charge is 2.30. The second-order valence-electron chi connectivity index (χ2n) is 10.2. The SMILES string of the molecule is CC(C)(C)C(=O)OCOC(=O)C1CCC(NC(=O)N2CCN(c3ccc(C(=N)N)cc3)CC2)CC1. The lowest BCUT2D eigenvalue weighted by Crippen LogP contribution is -2.54. The lowest BCUT2D eigenvalue weighted by Gasteiger charge is -2.37. The minimum atomic E-state index is -0.642. The molecule has 1 aliphatic heterocycles. The zero-order chi connectivity index (χ0) is 25.6. The zero-order valence-electron chi connectivity index (χ0n) is 20.8. The van der Waals surface area contributed by atoms with Crippen LogP contribution in [0.3, 0.4) is 0 Å². The number of carbonyl (C=O) groups excluding carboxylic acids is 3. The fourth-order valence-electron chi connectivity index (χ4n) is 4.23. The standard InChI is InChI=1S/C25H37N5O5/c1-25(2,3)23(32)35-16-34-22(31)18-4-8-19(9-5-18)28-24(33)30-14-12-29(13-15-30)20-10-6-17(7-11-20)21(26)27/h6-7,10-11,18-19H,4-5,8-9,12-16H2,1-3H3,(H3,26,27)(H,28,33). The number of piperazine rings is 1. The average molecular weight is 488 g/mol. The molecule has 1 saturated carbocycles. The summed E-state index contributed by atoms with van der Waals surface area (Å²) in [7, 11) is 0. The van der Waals surface area contributed by atoms with E-state index in [0.29, 0.717) is 44.3 Å². The van der Waals surface area contributed by atoms with Crippen LogP contribution in [-0.4, -0.2) is 67.7 Å². The van der Waals surface area contributed by atoms with Gasteiger partial charge in [-0.1, -0.05) is 0 Å². The van der Waals surface area contributed by atoms with Crippen LogP contribution in [0.2, 0.25) is 0 Å². The van der Waals surface area contributed by atoms with Gasteiger partial charge in [-0.25, -0.2) is 4.79 Å². The molecule has 3 rings (SSSR count). The fraction of sp³-hybridized carbons (Fsp3) is 0.600. The third kappa shape index (κ3) is 7.34. The molecule has 1 aromatic rings. The number of benzene rings is 1. The summed E-state index contributed by atoms with van der Waals surface area (Å²) in [6.07, 6.45) is 2.66. The predicted octanol–water partition coefficient (Wildman–Crippen LogP) is 2.45. The van der Waals surface area contributed by atoms with E-state index < -0.39 is 11.4 Å². The van der Waals surface area contributed by atoms with E-state index in [4.69, 9.17) is 20.6 Å². The van der Waals surface area contributed by atoms with Crippen molar-refractivity contribution < 1.29 is 23.9 Å². The smallest absolute Gasteiger partial charge is 0.317 e. The molecule has 0 unspecified atom stereocenters. The molecule has 4 N–H and O–H groups in total. The highest BCUT2D eigenvalue weighted by atomic mass is 16.7. The van der Waals surface area contributed by atoms with E-state index in [1.54, 1.807) is 20.8 Å². The molecule has 1 saturated heterocycles. The number of nitrogen functional groups attached to an aromatic ring is 1. The van der Waals surface area contributed by atoms with Crippen LogP contribution < -0.4 is 16.0 Å². The van der Waals surface area contributed by atoms with Gasteiger partial charge in [-0.05, 0) is 70.7 Å². The summed E-state index contributed by atoms with van der Waals surface area (Å²) in [6, 6.07) is 7.52. The number of hydrogen-bond acceptors (Lipinski definition) is 7. The molecule has 0 spiro atoms. The van der Waals surface area contributed by atoms with E-state index >= 15 is 0 Å². The van der Waals surface area contributed by atoms with E-state index in [-0.39, 0.29) is 36.6 Å². The highest BCUT2D eigenvalue weighted by Crippen LogP contribution is 2.26. The number of hydrogen-bond donors (Lipinski definition) is 3. The molecule has 192 valence electrons. The van der Waals surface area contributed by atoms with E-state index in [2.05, 4.69) is 10.2 Å². The first kappa shape index (κ1) is 26.3. The molecular formula is C25H37N5O5. The average Bonchev–Trinajstić information content (AvgIpc) is 2.84. The molecule has 0 radical (unpaired) electrons. The van der Waals surface area contributed by atoms with E-state index in [0.717, 1.165) is 18.8 Å². The Hall–Kier alpha value is -3.30. The number of anilines is 1. The van der Waals surface area contributed by atoms with Gasteiger partial charge in [-0.3, -0.25) is 15.0 Å². The molecular weight excluding hydrogens is 450 g/mol. The van der Waals surface area contributed by atoms with Crippen molar-refractivity contribution in [3.8, 4) is 0 Å². The number of amides is 2. The van der Waals surface area contributed by atoms with Crippen LogP contribution in [0.5, 0.6) is 0 Å². The van der Waals surface area contributed by atoms with Gasteiger partial charge in [0.1, 0.15) is 5.84 Å². The Morgan fingerprint density at radius 2 is 1.60 bits per heavy atom. The zero-order valence-corrected chi connectivity index (χ0v) is 20.8. The molecule has 1 aliphatic carbocycles. The fourth-order valence-corrected chi connectivity index (χ4v) is 4.23. The molecule has 2 fully saturated rings. The Morgan fingerprint density at radius 3 is 2.14 bits per heavy atom. The maximum atomic E-state index is 12.7. The number of carbonyl (C=O) groups is 3. The lowest BCUT2D eigenvalue weighted by molar-refractivity contribution is -0.176. The van der Waals surface area contributed by atoms with E-state index in [1.165, 1.54) is 0 Å². The molecule has 2 amide bonds. The first-order valence-electron chi connectivity index (χ1n) is 12.1. The Morgan fingerprint density at radius 1 is 1.00 bits per heavy atom. The van der Waals surface area contributed by atoms with Crippen molar-refractivity contribution in [3.63, 3.8) is 0 Å². The molecule has 0 atom stereocenters. The number of urea groups is 1. The topological polar surface area (TPSA) is 138 Å². The second-order valence-corrected chi connectivity index (χ2v) is 10.2. The van der Waals surface area contributed by atoms with Crippen LogP contribution in [0.1, 0.15) is 52.0 Å². The van der Waals surface area contributed by atoms with Gasteiger partial charge in [0.15, 0.2) is 0 Å². The van der Waals surface area contributed by atoms with Gasteiger partial charge in [0.05, 0.1) is 11.3 Å². The van der Waals surface area contributed by atoms with Crippen molar-refractivity contribution in [3.05, 3.63) is 29.8 Å². The van der Waals surface area contributed by atoms with Crippen molar-refractivity contribution in [2.75, 3.05) is 37.9 Å². The summed E-state index contributed by atoms with van der Waals surface area (Å²) in [5, 5.41) is 10.6. The number of esters is 2. The van der Waals surface area contributed by atoms with Gasteiger partial charge in [0.2, 0.25) is 6.79 Å². The minimum absolute atomic E-state index is 0.0300. The molecule has 10 heteroatoms. The summed E-state index contributed by atoms with van der Waals surface area (Å²) < 4.78 is 10.1. The summed E-state index contributed by atoms with van der Waals surface area (Å²) in [5.74, 6) is -0.965. The summed E-state index contributed by atoms with van der Waals surface area (Å²) in [5.41, 5.74) is 6.62. The van der Waals surface area contributed by atoms with Gasteiger partial charge in [0.25, 0.3) is 0 Å². The van der Waals surface area contributed by atoms with Crippen LogP contribution in [0.15, 0.2) is 24.3 Å². The first-order valence-corrected chi connectivity index (χ1v) is 12.1. The van der Waals surface area contributed by atoms with Gasteiger partial charge in [-0.15, -0.1) is 0 Å². The number of ether oxygens (including phenoxy) is 2. The van der Waals surface area contributed by atoms with Crippen LogP contribution in [0.4, 0.5) is 10.5 Å². The Balaban J connectivity index is 1.35. The van der Waals surface area contributed by atoms with Crippen LogP contribution in [-0.2, 0) is 19.1 Å². The lowest BCUT2D eigenvalue weighted by atomic mass is 9.86. The third-order valence-corrected chi connectivity index (χ3v) is 6.50. The van der Waals surface area contributed by atoms with E-state index in [9.17, 15) is 14.4 Å². The van der Waals surface area contributed by atoms with Crippen LogP contribution >= 0.6 is 0 Å². The molecule has 0 aromatic heterocycles. The summed E-state index contributed by atoms with van der Waals surface area (Å²) in [6.45, 7) is 7.55. The summed E-state index contributed by atoms with van der Waals surface area (Å²) in [4.78, 5) is 40.8.